The Labute approximate surface area is 80.2 Å². The van der Waals surface area contributed by atoms with Gasteiger partial charge in [0.2, 0.25) is 9.84 Å². The van der Waals surface area contributed by atoms with E-state index in [1.807, 2.05) is 0 Å². The molecule has 1 heterocycles. The lowest BCUT2D eigenvalue weighted by atomic mass is 10.3. The van der Waals surface area contributed by atoms with Crippen LogP contribution in [0.2, 0.25) is 5.02 Å². The lowest BCUT2D eigenvalue weighted by Gasteiger charge is -2.00. The van der Waals surface area contributed by atoms with Crippen molar-refractivity contribution in [3.63, 3.8) is 0 Å². The number of nitrogen functional groups attached to an aromatic ring is 1. The summed E-state index contributed by atoms with van der Waals surface area (Å²) in [5.74, 6) is -0.0542. The summed E-state index contributed by atoms with van der Waals surface area (Å²) in [6.45, 7) is 0. The Morgan fingerprint density at radius 2 is 2.15 bits per heavy atom. The quantitative estimate of drug-likeness (QED) is 0.662. The highest BCUT2D eigenvalue weighted by Gasteiger charge is 2.28. The summed E-state index contributed by atoms with van der Waals surface area (Å²) >= 11 is 5.69. The Hall–Kier alpha value is -0.940. The van der Waals surface area contributed by atoms with Crippen molar-refractivity contribution in [2.75, 3.05) is 11.7 Å². The van der Waals surface area contributed by atoms with Gasteiger partial charge in [-0.05, 0) is 6.07 Å². The van der Waals surface area contributed by atoms with Gasteiger partial charge in [0.1, 0.15) is 10.6 Å². The van der Waals surface area contributed by atoms with Crippen LogP contribution in [0.5, 0.6) is 5.75 Å². The molecule has 0 fully saturated rings. The van der Waals surface area contributed by atoms with Crippen molar-refractivity contribution in [1.29, 1.82) is 0 Å². The van der Waals surface area contributed by atoms with Crippen LogP contribution in [-0.4, -0.2) is 14.4 Å². The Morgan fingerprint density at radius 1 is 1.46 bits per heavy atom. The number of hydrogen-bond acceptors (Lipinski definition) is 4. The summed E-state index contributed by atoms with van der Waals surface area (Å²) < 4.78 is 27.5. The maximum Gasteiger partial charge on any atom is 0.217 e. The number of ether oxygens (including phenoxy) is 1. The molecule has 2 N–H and O–H groups in total. The second kappa shape index (κ2) is 2.52. The van der Waals surface area contributed by atoms with Crippen LogP contribution in [0.25, 0.3) is 0 Å². The van der Waals surface area contributed by atoms with Crippen molar-refractivity contribution in [3.8, 4) is 5.75 Å². The van der Waals surface area contributed by atoms with Crippen molar-refractivity contribution >= 4 is 27.1 Å². The van der Waals surface area contributed by atoms with Gasteiger partial charge in [-0.3, -0.25) is 0 Å². The maximum atomic E-state index is 11.3. The summed E-state index contributed by atoms with van der Waals surface area (Å²) in [5, 5.41) is 0.302. The van der Waals surface area contributed by atoms with E-state index in [9.17, 15) is 8.42 Å². The van der Waals surface area contributed by atoms with Gasteiger partial charge in [-0.1, -0.05) is 11.6 Å². The molecule has 0 spiro atoms. The van der Waals surface area contributed by atoms with Crippen molar-refractivity contribution in [3.05, 3.63) is 17.2 Å². The van der Waals surface area contributed by atoms with Gasteiger partial charge < -0.3 is 10.5 Å². The monoisotopic (exact) mass is 219 g/mol. The molecule has 0 aromatic heterocycles. The highest BCUT2D eigenvalue weighted by Crippen LogP contribution is 2.36. The molecule has 0 unspecified atom stereocenters. The summed E-state index contributed by atoms with van der Waals surface area (Å²) in [6.07, 6.45) is 0. The highest BCUT2D eigenvalue weighted by molar-refractivity contribution is 7.91. The molecule has 70 valence electrons. The molecule has 1 aromatic carbocycles. The van der Waals surface area contributed by atoms with E-state index in [1.54, 1.807) is 0 Å². The summed E-state index contributed by atoms with van der Waals surface area (Å²) in [5.41, 5.74) is 5.71. The standard InChI is InChI=1S/C7H6ClNO3S/c8-4-1-6-7(2-5(4)9)13(10,11)3-12-6/h1-2H,3,9H2. The van der Waals surface area contributed by atoms with Crippen LogP contribution in [0.1, 0.15) is 0 Å². The molecule has 1 aliphatic rings. The zero-order valence-corrected chi connectivity index (χ0v) is 8.02. The molecule has 6 heteroatoms. The van der Waals surface area contributed by atoms with Crippen molar-refractivity contribution in [2.45, 2.75) is 4.90 Å². The molecule has 0 aliphatic carbocycles. The SMILES string of the molecule is Nc1cc2c(cc1Cl)OCS2(=O)=O. The highest BCUT2D eigenvalue weighted by atomic mass is 35.5. The minimum Gasteiger partial charge on any atom is -0.476 e. The topological polar surface area (TPSA) is 69.4 Å². The molecular weight excluding hydrogens is 214 g/mol. The van der Waals surface area contributed by atoms with E-state index in [0.29, 0.717) is 5.02 Å². The number of sulfone groups is 1. The molecule has 0 amide bonds. The smallest absolute Gasteiger partial charge is 0.217 e. The van der Waals surface area contributed by atoms with Crippen LogP contribution in [0.15, 0.2) is 17.0 Å². The second-order valence-corrected chi connectivity index (χ2v) is 5.01. The largest absolute Gasteiger partial charge is 0.476 e. The first-order valence-electron chi connectivity index (χ1n) is 3.45. The number of halogens is 1. The Balaban J connectivity index is 2.75. The summed E-state index contributed by atoms with van der Waals surface area (Å²) in [6, 6.07) is 2.73. The molecule has 4 nitrogen and oxygen atoms in total. The number of hydrogen-bond donors (Lipinski definition) is 1. The third-order valence-corrected chi connectivity index (χ3v) is 3.51. The van der Waals surface area contributed by atoms with Gasteiger partial charge in [0.05, 0.1) is 10.7 Å². The number of nitrogens with two attached hydrogens (primary N) is 1. The van der Waals surface area contributed by atoms with Crippen LogP contribution >= 0.6 is 11.6 Å². The van der Waals surface area contributed by atoms with Gasteiger partial charge >= 0.3 is 0 Å². The first-order valence-corrected chi connectivity index (χ1v) is 5.48. The molecule has 1 aliphatic heterocycles. The normalized spacial score (nSPS) is 17.9. The average molecular weight is 220 g/mol. The lowest BCUT2D eigenvalue weighted by molar-refractivity contribution is 0.390. The molecule has 0 radical (unpaired) electrons. The van der Waals surface area contributed by atoms with Crippen LogP contribution in [0, 0.1) is 0 Å². The van der Waals surface area contributed by atoms with Crippen LogP contribution in [0.4, 0.5) is 5.69 Å². The maximum absolute atomic E-state index is 11.3. The van der Waals surface area contributed by atoms with Crippen molar-refractivity contribution < 1.29 is 13.2 Å². The predicted octanol–water partition coefficient (Wildman–Crippen LogP) is 1.05. The van der Waals surface area contributed by atoms with Gasteiger partial charge in [-0.15, -0.1) is 0 Å². The Morgan fingerprint density at radius 3 is 2.85 bits per heavy atom. The van der Waals surface area contributed by atoms with Gasteiger partial charge in [-0.25, -0.2) is 8.42 Å². The van der Waals surface area contributed by atoms with Gasteiger partial charge in [0, 0.05) is 6.07 Å². The zero-order valence-electron chi connectivity index (χ0n) is 6.45. The van der Waals surface area contributed by atoms with E-state index in [2.05, 4.69) is 0 Å². The molecule has 0 bridgehead atoms. The van der Waals surface area contributed by atoms with E-state index in [-0.39, 0.29) is 22.3 Å². The van der Waals surface area contributed by atoms with E-state index in [4.69, 9.17) is 22.1 Å². The molecular formula is C7H6ClNO3S. The van der Waals surface area contributed by atoms with E-state index in [0.717, 1.165) is 0 Å². The first kappa shape index (κ1) is 8.65. The minimum atomic E-state index is -3.31. The van der Waals surface area contributed by atoms with Crippen molar-refractivity contribution in [1.82, 2.24) is 0 Å². The molecule has 1 aromatic rings. The number of benzene rings is 1. The summed E-state index contributed by atoms with van der Waals surface area (Å²) in [7, 11) is -3.31. The molecule has 2 rings (SSSR count). The number of anilines is 1. The van der Waals surface area contributed by atoms with Gasteiger partial charge in [-0.2, -0.15) is 0 Å². The van der Waals surface area contributed by atoms with Gasteiger partial charge in [0.25, 0.3) is 0 Å². The first-order chi connectivity index (χ1) is 6.00. The third kappa shape index (κ3) is 1.24. The second-order valence-electron chi connectivity index (χ2n) is 2.70. The molecule has 0 saturated carbocycles. The van der Waals surface area contributed by atoms with Crippen molar-refractivity contribution in [2.24, 2.45) is 0 Å². The molecule has 13 heavy (non-hydrogen) atoms. The molecule has 0 atom stereocenters. The third-order valence-electron chi connectivity index (χ3n) is 1.77. The fraction of sp³-hybridized carbons (Fsp3) is 0.143. The number of rotatable bonds is 0. The lowest BCUT2D eigenvalue weighted by Crippen LogP contribution is -2.01. The average Bonchev–Trinajstić information content (AvgIpc) is 2.31. The predicted molar refractivity (Wildman–Crippen MR) is 48.5 cm³/mol. The Kier molecular flexibility index (Phi) is 1.68. The zero-order chi connectivity index (χ0) is 9.64. The number of fused-ring (bicyclic) bond motifs is 1. The van der Waals surface area contributed by atoms with Gasteiger partial charge in [0.15, 0.2) is 5.94 Å². The van der Waals surface area contributed by atoms with E-state index >= 15 is 0 Å². The van der Waals surface area contributed by atoms with E-state index in [1.165, 1.54) is 12.1 Å². The fourth-order valence-corrected chi connectivity index (χ4v) is 2.40. The summed E-state index contributed by atoms with van der Waals surface area (Å²) in [4.78, 5) is 0.120. The van der Waals surface area contributed by atoms with E-state index < -0.39 is 9.84 Å². The molecule has 0 saturated heterocycles. The van der Waals surface area contributed by atoms with Crippen LogP contribution in [0.3, 0.4) is 0 Å². The fourth-order valence-electron chi connectivity index (χ4n) is 1.11. The Bertz CT molecular complexity index is 469. The van der Waals surface area contributed by atoms with Crippen LogP contribution < -0.4 is 10.5 Å². The van der Waals surface area contributed by atoms with Crippen LogP contribution in [-0.2, 0) is 9.84 Å². The minimum absolute atomic E-state index is 0.120.